The fourth-order valence-corrected chi connectivity index (χ4v) is 1.28. The summed E-state index contributed by atoms with van der Waals surface area (Å²) in [5, 5.41) is 0. The Kier molecular flexibility index (Phi) is 1.16. The molecule has 52 valence electrons. The highest BCUT2D eigenvalue weighted by Gasteiger charge is 2.24. The molecule has 2 N–H and O–H groups in total. The van der Waals surface area contributed by atoms with Crippen molar-refractivity contribution in [3.8, 4) is 0 Å². The minimum atomic E-state index is 0.779. The van der Waals surface area contributed by atoms with Crippen molar-refractivity contribution in [2.75, 3.05) is 5.73 Å². The van der Waals surface area contributed by atoms with E-state index in [1.165, 1.54) is 18.4 Å². The normalized spacial score (nSPS) is 17.2. The third-order valence-corrected chi connectivity index (χ3v) is 2.01. The predicted molar refractivity (Wildman–Crippen MR) is 42.8 cm³/mol. The van der Waals surface area contributed by atoms with E-state index in [1.54, 1.807) is 0 Å². The van der Waals surface area contributed by atoms with Gasteiger partial charge in [0.15, 0.2) is 0 Å². The molecule has 1 aliphatic carbocycles. The molecule has 0 spiro atoms. The largest absolute Gasteiger partial charge is 0.398 e. The second kappa shape index (κ2) is 2.01. The molecule has 2 rings (SSSR count). The van der Waals surface area contributed by atoms with Gasteiger partial charge in [0.25, 0.3) is 0 Å². The van der Waals surface area contributed by atoms with Crippen LogP contribution in [-0.2, 0) is 0 Å². The molecule has 1 nitrogen and oxygen atoms in total. The van der Waals surface area contributed by atoms with Crippen LogP contribution in [0.15, 0.2) is 24.3 Å². The summed E-state index contributed by atoms with van der Waals surface area (Å²) < 4.78 is 0. The summed E-state index contributed by atoms with van der Waals surface area (Å²) >= 11 is 0. The molecule has 1 aliphatic rings. The number of anilines is 1. The van der Waals surface area contributed by atoms with Crippen molar-refractivity contribution in [1.29, 1.82) is 0 Å². The zero-order chi connectivity index (χ0) is 6.97. The van der Waals surface area contributed by atoms with Crippen LogP contribution in [0.2, 0.25) is 0 Å². The number of rotatable bonds is 1. The van der Waals surface area contributed by atoms with Crippen LogP contribution in [0.3, 0.4) is 0 Å². The highest BCUT2D eigenvalue weighted by atomic mass is 14.6. The van der Waals surface area contributed by atoms with Gasteiger partial charge in [0.1, 0.15) is 0 Å². The van der Waals surface area contributed by atoms with Crippen molar-refractivity contribution >= 4 is 5.69 Å². The zero-order valence-electron chi connectivity index (χ0n) is 5.88. The fraction of sp³-hybridized carbons (Fsp3) is 0.333. The second-order valence-electron chi connectivity index (χ2n) is 2.90. The molecule has 0 bridgehead atoms. The van der Waals surface area contributed by atoms with E-state index < -0.39 is 0 Å². The maximum atomic E-state index is 5.76. The highest BCUT2D eigenvalue weighted by molar-refractivity contribution is 5.49. The lowest BCUT2D eigenvalue weighted by Gasteiger charge is -2.00. The van der Waals surface area contributed by atoms with E-state index >= 15 is 0 Å². The van der Waals surface area contributed by atoms with Gasteiger partial charge in [-0.3, -0.25) is 0 Å². The van der Waals surface area contributed by atoms with E-state index in [9.17, 15) is 0 Å². The monoisotopic (exact) mass is 133 g/mol. The van der Waals surface area contributed by atoms with Crippen LogP contribution in [0, 0.1) is 0 Å². The molecule has 1 saturated carbocycles. The predicted octanol–water partition coefficient (Wildman–Crippen LogP) is 2.15. The number of para-hydroxylation sites is 1. The first-order valence-electron chi connectivity index (χ1n) is 3.72. The third kappa shape index (κ3) is 0.878. The molecule has 0 unspecified atom stereocenters. The molecular weight excluding hydrogens is 122 g/mol. The Balaban J connectivity index is 2.39. The van der Waals surface area contributed by atoms with Crippen molar-refractivity contribution in [3.05, 3.63) is 29.8 Å². The average molecular weight is 133 g/mol. The summed E-state index contributed by atoms with van der Waals surface area (Å²) in [5.74, 6) is 0.779. The van der Waals surface area contributed by atoms with Crippen LogP contribution in [0.4, 0.5) is 5.69 Å². The highest BCUT2D eigenvalue weighted by Crippen LogP contribution is 2.42. The molecule has 0 aliphatic heterocycles. The first-order valence-corrected chi connectivity index (χ1v) is 3.72. The number of hydrogen-bond acceptors (Lipinski definition) is 1. The van der Waals surface area contributed by atoms with E-state index in [0.29, 0.717) is 0 Å². The molecule has 0 atom stereocenters. The quantitative estimate of drug-likeness (QED) is 0.583. The van der Waals surface area contributed by atoms with Crippen molar-refractivity contribution in [2.45, 2.75) is 18.8 Å². The van der Waals surface area contributed by atoms with Crippen LogP contribution in [0.5, 0.6) is 0 Å². The first kappa shape index (κ1) is 5.78. The molecule has 1 fully saturated rings. The van der Waals surface area contributed by atoms with Crippen LogP contribution < -0.4 is 5.73 Å². The molecule has 1 aromatic rings. The van der Waals surface area contributed by atoms with Crippen LogP contribution >= 0.6 is 0 Å². The summed E-state index contributed by atoms with van der Waals surface area (Å²) in [6.45, 7) is 0. The number of nitrogen functional groups attached to an aromatic ring is 1. The van der Waals surface area contributed by atoms with Gasteiger partial charge >= 0.3 is 0 Å². The molecule has 0 radical (unpaired) electrons. The Bertz CT molecular complexity index is 238. The minimum Gasteiger partial charge on any atom is -0.398 e. The van der Waals surface area contributed by atoms with E-state index in [4.69, 9.17) is 5.73 Å². The summed E-state index contributed by atoms with van der Waals surface area (Å²) in [6.07, 6.45) is 2.66. The summed E-state index contributed by atoms with van der Waals surface area (Å²) in [4.78, 5) is 0. The number of nitrogens with two attached hydrogens (primary N) is 1. The third-order valence-electron chi connectivity index (χ3n) is 2.01. The topological polar surface area (TPSA) is 26.0 Å². The van der Waals surface area contributed by atoms with Crippen LogP contribution in [0.1, 0.15) is 24.3 Å². The van der Waals surface area contributed by atoms with E-state index in [2.05, 4.69) is 12.1 Å². The Morgan fingerprint density at radius 1 is 1.20 bits per heavy atom. The van der Waals surface area contributed by atoms with Gasteiger partial charge in [-0.1, -0.05) is 18.2 Å². The van der Waals surface area contributed by atoms with Crippen molar-refractivity contribution in [1.82, 2.24) is 0 Å². The van der Waals surface area contributed by atoms with Gasteiger partial charge in [-0.2, -0.15) is 0 Å². The molecule has 10 heavy (non-hydrogen) atoms. The van der Waals surface area contributed by atoms with Gasteiger partial charge < -0.3 is 5.73 Å². The standard InChI is InChI=1S/C9H11N/c10-9-4-2-1-3-8(9)7-5-6-7/h1-4,7H,5-6,10H2. The summed E-state index contributed by atoms with van der Waals surface area (Å²) in [6, 6.07) is 8.16. The van der Waals surface area contributed by atoms with Gasteiger partial charge in [0.05, 0.1) is 0 Å². The van der Waals surface area contributed by atoms with Crippen molar-refractivity contribution in [2.24, 2.45) is 0 Å². The number of benzene rings is 1. The fourth-order valence-electron chi connectivity index (χ4n) is 1.28. The van der Waals surface area contributed by atoms with Crippen molar-refractivity contribution < 1.29 is 0 Å². The molecule has 1 heteroatoms. The Hall–Kier alpha value is -0.980. The summed E-state index contributed by atoms with van der Waals surface area (Å²) in [7, 11) is 0. The molecule has 0 saturated heterocycles. The lowest BCUT2D eigenvalue weighted by molar-refractivity contribution is 1.14. The number of hydrogen-bond donors (Lipinski definition) is 1. The minimum absolute atomic E-state index is 0.779. The average Bonchev–Trinajstić information content (AvgIpc) is 2.71. The molecule has 0 aromatic heterocycles. The van der Waals surface area contributed by atoms with Gasteiger partial charge in [-0.25, -0.2) is 0 Å². The van der Waals surface area contributed by atoms with Gasteiger partial charge in [0, 0.05) is 5.69 Å². The zero-order valence-corrected chi connectivity index (χ0v) is 5.88. The SMILES string of the molecule is Nc1ccccc1C1CC1. The molecule has 0 heterocycles. The second-order valence-corrected chi connectivity index (χ2v) is 2.90. The lowest BCUT2D eigenvalue weighted by atomic mass is 10.1. The Morgan fingerprint density at radius 2 is 1.90 bits per heavy atom. The van der Waals surface area contributed by atoms with Gasteiger partial charge in [-0.05, 0) is 30.4 Å². The van der Waals surface area contributed by atoms with Gasteiger partial charge in [-0.15, -0.1) is 0 Å². The summed E-state index contributed by atoms with van der Waals surface area (Å²) in [5.41, 5.74) is 8.07. The maximum absolute atomic E-state index is 5.76. The molecular formula is C9H11N. The van der Waals surface area contributed by atoms with Gasteiger partial charge in [0.2, 0.25) is 0 Å². The Labute approximate surface area is 60.9 Å². The van der Waals surface area contributed by atoms with E-state index in [1.807, 2.05) is 12.1 Å². The maximum Gasteiger partial charge on any atom is 0.0349 e. The Morgan fingerprint density at radius 3 is 2.50 bits per heavy atom. The van der Waals surface area contributed by atoms with E-state index in [-0.39, 0.29) is 0 Å². The lowest BCUT2D eigenvalue weighted by Crippen LogP contribution is -1.90. The van der Waals surface area contributed by atoms with E-state index in [0.717, 1.165) is 11.6 Å². The van der Waals surface area contributed by atoms with Crippen LogP contribution in [-0.4, -0.2) is 0 Å². The van der Waals surface area contributed by atoms with Crippen molar-refractivity contribution in [3.63, 3.8) is 0 Å². The first-order chi connectivity index (χ1) is 4.88. The smallest absolute Gasteiger partial charge is 0.0349 e. The van der Waals surface area contributed by atoms with Crippen LogP contribution in [0.25, 0.3) is 0 Å². The molecule has 1 aromatic carbocycles. The molecule has 0 amide bonds.